The first-order chi connectivity index (χ1) is 8.00. The van der Waals surface area contributed by atoms with E-state index in [-0.39, 0.29) is 17.5 Å². The molecule has 1 fully saturated rings. The van der Waals surface area contributed by atoms with Crippen LogP contribution in [0.25, 0.3) is 0 Å². The zero-order valence-corrected chi connectivity index (χ0v) is 10.1. The lowest BCUT2D eigenvalue weighted by atomic mass is 10.1. The molecular formula is C11H17N3O3. The number of hydrogen-bond donors (Lipinski definition) is 2. The lowest BCUT2D eigenvalue weighted by molar-refractivity contribution is 0.197. The molecule has 6 heteroatoms. The van der Waals surface area contributed by atoms with Gasteiger partial charge in [0, 0.05) is 6.54 Å². The molecule has 0 amide bonds. The highest BCUT2D eigenvalue weighted by atomic mass is 16.3. The predicted octanol–water partition coefficient (Wildman–Crippen LogP) is -0.183. The van der Waals surface area contributed by atoms with Crippen molar-refractivity contribution in [2.24, 2.45) is 0 Å². The SMILES string of the molecule is Cc1c(O)n(C2CCCN(C)C2)c(=O)[nH]c1=O. The van der Waals surface area contributed by atoms with Gasteiger partial charge >= 0.3 is 5.69 Å². The van der Waals surface area contributed by atoms with E-state index in [4.69, 9.17) is 0 Å². The fourth-order valence-corrected chi connectivity index (χ4v) is 2.32. The zero-order valence-electron chi connectivity index (χ0n) is 10.1. The van der Waals surface area contributed by atoms with Crippen LogP contribution in [0.3, 0.4) is 0 Å². The third-order valence-corrected chi connectivity index (χ3v) is 3.31. The van der Waals surface area contributed by atoms with Crippen molar-refractivity contribution in [1.29, 1.82) is 0 Å². The summed E-state index contributed by atoms with van der Waals surface area (Å²) >= 11 is 0. The Bertz CT molecular complexity index is 532. The number of aromatic nitrogens is 2. The third-order valence-electron chi connectivity index (χ3n) is 3.31. The second kappa shape index (κ2) is 4.37. The highest BCUT2D eigenvalue weighted by Crippen LogP contribution is 2.23. The normalized spacial score (nSPS) is 21.6. The Morgan fingerprint density at radius 1 is 1.41 bits per heavy atom. The van der Waals surface area contributed by atoms with Gasteiger partial charge in [-0.25, -0.2) is 4.79 Å². The summed E-state index contributed by atoms with van der Waals surface area (Å²) in [6, 6.07) is -0.0724. The molecule has 0 aromatic carbocycles. The molecule has 2 N–H and O–H groups in total. The second-order valence-electron chi connectivity index (χ2n) is 4.64. The minimum absolute atomic E-state index is 0.0724. The van der Waals surface area contributed by atoms with Crippen LogP contribution in [-0.4, -0.2) is 39.7 Å². The van der Waals surface area contributed by atoms with Crippen LogP contribution in [0.15, 0.2) is 9.59 Å². The van der Waals surface area contributed by atoms with E-state index in [0.29, 0.717) is 6.54 Å². The molecule has 2 heterocycles. The maximum atomic E-state index is 11.7. The molecule has 1 unspecified atom stereocenters. The predicted molar refractivity (Wildman–Crippen MR) is 63.5 cm³/mol. The van der Waals surface area contributed by atoms with Crippen LogP contribution in [0.2, 0.25) is 0 Å². The van der Waals surface area contributed by atoms with Gasteiger partial charge in [-0.05, 0) is 33.4 Å². The van der Waals surface area contributed by atoms with Gasteiger partial charge in [0.2, 0.25) is 5.88 Å². The molecule has 94 valence electrons. The topological polar surface area (TPSA) is 78.3 Å². The van der Waals surface area contributed by atoms with Gasteiger partial charge in [0.15, 0.2) is 0 Å². The molecular weight excluding hydrogens is 222 g/mol. The Balaban J connectivity index is 2.48. The Morgan fingerprint density at radius 3 is 2.76 bits per heavy atom. The first-order valence-corrected chi connectivity index (χ1v) is 5.73. The van der Waals surface area contributed by atoms with E-state index in [1.807, 2.05) is 7.05 Å². The van der Waals surface area contributed by atoms with Gasteiger partial charge in [0.05, 0.1) is 11.6 Å². The van der Waals surface area contributed by atoms with Gasteiger partial charge in [0.1, 0.15) is 0 Å². The molecule has 0 aliphatic carbocycles. The molecule has 2 rings (SSSR count). The number of likely N-dealkylation sites (tertiary alicyclic amines) is 1. The highest BCUT2D eigenvalue weighted by molar-refractivity contribution is 5.21. The summed E-state index contributed by atoms with van der Waals surface area (Å²) in [5, 5.41) is 9.92. The summed E-state index contributed by atoms with van der Waals surface area (Å²) in [7, 11) is 1.98. The van der Waals surface area contributed by atoms with E-state index >= 15 is 0 Å². The van der Waals surface area contributed by atoms with E-state index in [2.05, 4.69) is 9.88 Å². The van der Waals surface area contributed by atoms with Crippen LogP contribution in [0.1, 0.15) is 24.4 Å². The number of nitrogens with one attached hydrogen (secondary N) is 1. The molecule has 1 aromatic heterocycles. The monoisotopic (exact) mass is 239 g/mol. The standard InChI is InChI=1S/C11H17N3O3/c1-7-9(15)12-11(17)14(10(7)16)8-4-3-5-13(2)6-8/h8,16H,3-6H2,1-2H3,(H,12,15,17). The fourth-order valence-electron chi connectivity index (χ4n) is 2.32. The Hall–Kier alpha value is -1.56. The number of piperidine rings is 1. The third kappa shape index (κ3) is 2.12. The summed E-state index contributed by atoms with van der Waals surface area (Å²) in [5.41, 5.74) is -0.857. The Kier molecular flexibility index (Phi) is 3.06. The zero-order chi connectivity index (χ0) is 12.6. The number of aromatic hydroxyl groups is 1. The van der Waals surface area contributed by atoms with E-state index < -0.39 is 11.2 Å². The average molecular weight is 239 g/mol. The molecule has 0 bridgehead atoms. The molecule has 6 nitrogen and oxygen atoms in total. The van der Waals surface area contributed by atoms with Gasteiger partial charge in [-0.1, -0.05) is 0 Å². The van der Waals surface area contributed by atoms with Gasteiger partial charge in [-0.3, -0.25) is 14.3 Å². The maximum Gasteiger partial charge on any atom is 0.331 e. The maximum absolute atomic E-state index is 11.7. The molecule has 1 aliphatic rings. The van der Waals surface area contributed by atoms with E-state index in [9.17, 15) is 14.7 Å². The first kappa shape index (κ1) is 11.9. The molecule has 1 saturated heterocycles. The van der Waals surface area contributed by atoms with Crippen LogP contribution in [-0.2, 0) is 0 Å². The minimum atomic E-state index is -0.529. The Morgan fingerprint density at radius 2 is 2.12 bits per heavy atom. The van der Waals surface area contributed by atoms with Crippen molar-refractivity contribution in [2.75, 3.05) is 20.1 Å². The van der Waals surface area contributed by atoms with Crippen molar-refractivity contribution in [1.82, 2.24) is 14.5 Å². The molecule has 1 aliphatic heterocycles. The van der Waals surface area contributed by atoms with Gasteiger partial charge < -0.3 is 10.0 Å². The fraction of sp³-hybridized carbons (Fsp3) is 0.636. The van der Waals surface area contributed by atoms with E-state index in [1.165, 1.54) is 11.5 Å². The van der Waals surface area contributed by atoms with Crippen LogP contribution < -0.4 is 11.2 Å². The van der Waals surface area contributed by atoms with Crippen molar-refractivity contribution < 1.29 is 5.11 Å². The van der Waals surface area contributed by atoms with Crippen molar-refractivity contribution in [3.63, 3.8) is 0 Å². The van der Waals surface area contributed by atoms with Crippen molar-refractivity contribution in [2.45, 2.75) is 25.8 Å². The molecule has 17 heavy (non-hydrogen) atoms. The number of nitrogens with zero attached hydrogens (tertiary/aromatic N) is 2. The molecule has 1 atom stereocenters. The lowest BCUT2D eigenvalue weighted by Crippen LogP contribution is -2.40. The number of aromatic amines is 1. The number of H-pyrrole nitrogens is 1. The summed E-state index contributed by atoms with van der Waals surface area (Å²) in [6.07, 6.45) is 1.81. The van der Waals surface area contributed by atoms with Gasteiger partial charge in [-0.15, -0.1) is 0 Å². The number of rotatable bonds is 1. The van der Waals surface area contributed by atoms with Crippen molar-refractivity contribution >= 4 is 0 Å². The number of hydrogen-bond acceptors (Lipinski definition) is 4. The summed E-state index contributed by atoms with van der Waals surface area (Å²) in [4.78, 5) is 27.4. The van der Waals surface area contributed by atoms with Gasteiger partial charge in [0.25, 0.3) is 5.56 Å². The number of likely N-dealkylation sites (N-methyl/N-ethyl adjacent to an activating group) is 1. The van der Waals surface area contributed by atoms with Crippen molar-refractivity contribution in [3.05, 3.63) is 26.4 Å². The quantitative estimate of drug-likeness (QED) is 0.712. The summed E-state index contributed by atoms with van der Waals surface area (Å²) in [5.74, 6) is -0.209. The Labute approximate surface area is 98.5 Å². The molecule has 1 aromatic rings. The summed E-state index contributed by atoms with van der Waals surface area (Å²) < 4.78 is 1.30. The van der Waals surface area contributed by atoms with E-state index in [0.717, 1.165) is 19.4 Å². The first-order valence-electron chi connectivity index (χ1n) is 5.73. The smallest absolute Gasteiger partial charge is 0.331 e. The molecule has 0 saturated carbocycles. The van der Waals surface area contributed by atoms with Crippen LogP contribution in [0.5, 0.6) is 5.88 Å². The van der Waals surface area contributed by atoms with E-state index in [1.54, 1.807) is 0 Å². The van der Waals surface area contributed by atoms with Crippen molar-refractivity contribution in [3.8, 4) is 5.88 Å². The van der Waals surface area contributed by atoms with Crippen LogP contribution in [0, 0.1) is 6.92 Å². The van der Waals surface area contributed by atoms with Gasteiger partial charge in [-0.2, -0.15) is 0 Å². The highest BCUT2D eigenvalue weighted by Gasteiger charge is 2.23. The van der Waals surface area contributed by atoms with Crippen LogP contribution in [0.4, 0.5) is 0 Å². The second-order valence-corrected chi connectivity index (χ2v) is 4.64. The van der Waals surface area contributed by atoms with Crippen LogP contribution >= 0.6 is 0 Å². The lowest BCUT2D eigenvalue weighted by Gasteiger charge is -2.31. The largest absolute Gasteiger partial charge is 0.494 e. The average Bonchev–Trinajstić information content (AvgIpc) is 2.26. The minimum Gasteiger partial charge on any atom is -0.494 e. The molecule has 0 radical (unpaired) electrons. The molecule has 0 spiro atoms. The summed E-state index contributed by atoms with van der Waals surface area (Å²) in [6.45, 7) is 3.21.